The van der Waals surface area contributed by atoms with Crippen LogP contribution in [0, 0.1) is 0 Å². The molecule has 0 heterocycles. The van der Waals surface area contributed by atoms with Crippen LogP contribution in [-0.4, -0.2) is 64.5 Å². The van der Waals surface area contributed by atoms with Crippen molar-refractivity contribution in [2.24, 2.45) is 0 Å². The maximum atomic E-state index is 13.9. The molecule has 0 aliphatic rings. The molecule has 0 aliphatic carbocycles. The smallest absolute Gasteiger partial charge is 0.460 e. The van der Waals surface area contributed by atoms with Gasteiger partial charge in [-0.3, -0.25) is 0 Å². The van der Waals surface area contributed by atoms with E-state index in [0.29, 0.717) is 12.2 Å². The fourth-order valence-electron chi connectivity index (χ4n) is 2.72. The van der Waals surface area contributed by atoms with Gasteiger partial charge in [0, 0.05) is 12.2 Å². The SMILES string of the molecule is CCCCCCCCSC(SCCC(F)(F)C(F)(F)C(F)(F)C(F)(F)C(F)(F)C(F)(F)F)C(=O)OCC. The lowest BCUT2D eigenvalue weighted by Gasteiger charge is -2.39. The minimum Gasteiger partial charge on any atom is -0.465 e. The normalized spacial score (nSPS) is 15.1. The van der Waals surface area contributed by atoms with Crippen molar-refractivity contribution in [1.82, 2.24) is 0 Å². The third kappa shape index (κ3) is 8.62. The van der Waals surface area contributed by atoms with Crippen molar-refractivity contribution in [3.63, 3.8) is 0 Å². The van der Waals surface area contributed by atoms with Gasteiger partial charge in [0.1, 0.15) is 4.58 Å². The Morgan fingerprint density at radius 1 is 0.649 bits per heavy atom. The predicted octanol–water partition coefficient (Wildman–Crippen LogP) is 8.83. The van der Waals surface area contributed by atoms with E-state index in [9.17, 15) is 61.9 Å². The summed E-state index contributed by atoms with van der Waals surface area (Å²) in [5.74, 6) is -38.9. The van der Waals surface area contributed by atoms with Gasteiger partial charge in [-0.2, -0.15) is 57.1 Å². The second kappa shape index (κ2) is 14.1. The molecule has 0 spiro atoms. The molecule has 2 nitrogen and oxygen atoms in total. The summed E-state index contributed by atoms with van der Waals surface area (Å²) in [5.41, 5.74) is 0. The summed E-state index contributed by atoms with van der Waals surface area (Å²) >= 11 is 1.10. The van der Waals surface area contributed by atoms with Crippen LogP contribution >= 0.6 is 23.5 Å². The fourth-order valence-corrected chi connectivity index (χ4v) is 5.26. The van der Waals surface area contributed by atoms with E-state index < -0.39 is 58.5 Å². The summed E-state index contributed by atoms with van der Waals surface area (Å²) in [6.07, 6.45) is -4.63. The molecule has 0 saturated heterocycles. The number of esters is 1. The number of hydrogen-bond acceptors (Lipinski definition) is 4. The average Bonchev–Trinajstić information content (AvgIpc) is 2.75. The molecule has 1 unspecified atom stereocenters. The summed E-state index contributed by atoms with van der Waals surface area (Å²) in [4.78, 5) is 12.0. The van der Waals surface area contributed by atoms with Crippen LogP contribution < -0.4 is 0 Å². The highest BCUT2D eigenvalue weighted by Gasteiger charge is 2.90. The molecule has 0 fully saturated rings. The molecule has 0 aromatic rings. The van der Waals surface area contributed by atoms with Gasteiger partial charge in [0.25, 0.3) is 0 Å². The lowest BCUT2D eigenvalue weighted by Crippen LogP contribution is -2.70. The summed E-state index contributed by atoms with van der Waals surface area (Å²) in [7, 11) is 0. The molecule has 0 radical (unpaired) electrons. The van der Waals surface area contributed by atoms with Crippen molar-refractivity contribution < 1.29 is 66.6 Å². The van der Waals surface area contributed by atoms with Crippen LogP contribution in [0.4, 0.5) is 57.1 Å². The molecule has 0 bridgehead atoms. The molecule has 0 aromatic carbocycles. The van der Waals surface area contributed by atoms with Crippen molar-refractivity contribution >= 4 is 29.5 Å². The Labute approximate surface area is 213 Å². The summed E-state index contributed by atoms with van der Waals surface area (Å²) in [6.45, 7) is 3.24. The lowest BCUT2D eigenvalue weighted by molar-refractivity contribution is -0.439. The molecule has 222 valence electrons. The van der Waals surface area contributed by atoms with E-state index in [2.05, 4.69) is 0 Å². The molecule has 0 rings (SSSR count). The maximum Gasteiger partial charge on any atom is 0.460 e. The zero-order chi connectivity index (χ0) is 29.3. The van der Waals surface area contributed by atoms with E-state index in [1.807, 2.05) is 6.92 Å². The van der Waals surface area contributed by atoms with E-state index in [-0.39, 0.29) is 18.4 Å². The molecule has 1 atom stereocenters. The number of alkyl halides is 13. The minimum atomic E-state index is -7.92. The Kier molecular flexibility index (Phi) is 13.8. The molecule has 37 heavy (non-hydrogen) atoms. The Balaban J connectivity index is 5.41. The predicted molar refractivity (Wildman–Crippen MR) is 114 cm³/mol. The topological polar surface area (TPSA) is 26.3 Å². The second-order valence-corrected chi connectivity index (χ2v) is 10.6. The fraction of sp³-hybridized carbons (Fsp3) is 0.950. The van der Waals surface area contributed by atoms with Crippen LogP contribution in [0.3, 0.4) is 0 Å². The number of carbonyl (C=O) groups excluding carboxylic acids is 1. The molecule has 0 amide bonds. The molecular weight excluding hydrogens is 583 g/mol. The Bertz CT molecular complexity index is 700. The number of halogens is 13. The van der Waals surface area contributed by atoms with Crippen LogP contribution in [0.1, 0.15) is 58.8 Å². The van der Waals surface area contributed by atoms with Gasteiger partial charge in [-0.15, -0.1) is 23.5 Å². The number of hydrogen-bond donors (Lipinski definition) is 0. The van der Waals surface area contributed by atoms with E-state index in [0.717, 1.165) is 43.9 Å². The van der Waals surface area contributed by atoms with Gasteiger partial charge in [0.2, 0.25) is 0 Å². The number of thioether (sulfide) groups is 2. The number of rotatable bonds is 18. The van der Waals surface area contributed by atoms with Gasteiger partial charge < -0.3 is 4.74 Å². The Morgan fingerprint density at radius 3 is 1.59 bits per heavy atom. The van der Waals surface area contributed by atoms with Crippen molar-refractivity contribution in [1.29, 1.82) is 0 Å². The first-order valence-corrected chi connectivity index (χ1v) is 13.1. The first kappa shape index (κ1) is 36.3. The van der Waals surface area contributed by atoms with Crippen molar-refractivity contribution in [2.45, 2.75) is 99.2 Å². The van der Waals surface area contributed by atoms with Crippen LogP contribution in [-0.2, 0) is 9.53 Å². The highest BCUT2D eigenvalue weighted by molar-refractivity contribution is 8.18. The third-order valence-corrected chi connectivity index (χ3v) is 7.70. The van der Waals surface area contributed by atoms with Gasteiger partial charge in [0.15, 0.2) is 0 Å². The molecule has 0 N–H and O–H groups in total. The Morgan fingerprint density at radius 2 is 1.11 bits per heavy atom. The quantitative estimate of drug-likeness (QED) is 0.0671. The van der Waals surface area contributed by atoms with Crippen LogP contribution in [0.25, 0.3) is 0 Å². The molecule has 0 aromatic heterocycles. The third-order valence-electron chi connectivity index (χ3n) is 4.93. The van der Waals surface area contributed by atoms with Gasteiger partial charge in [-0.1, -0.05) is 39.0 Å². The van der Waals surface area contributed by atoms with E-state index >= 15 is 0 Å². The van der Waals surface area contributed by atoms with Gasteiger partial charge in [-0.05, 0) is 19.1 Å². The first-order valence-electron chi connectivity index (χ1n) is 11.0. The maximum absolute atomic E-state index is 13.9. The van der Waals surface area contributed by atoms with E-state index in [4.69, 9.17) is 4.74 Å². The van der Waals surface area contributed by atoms with E-state index in [1.165, 1.54) is 6.92 Å². The molecule has 0 saturated carbocycles. The molecule has 0 aliphatic heterocycles. The number of carbonyl (C=O) groups is 1. The lowest BCUT2D eigenvalue weighted by atomic mass is 9.93. The van der Waals surface area contributed by atoms with Crippen molar-refractivity contribution in [3.05, 3.63) is 0 Å². The van der Waals surface area contributed by atoms with Gasteiger partial charge >= 0.3 is 41.8 Å². The van der Waals surface area contributed by atoms with Crippen LogP contribution in [0.15, 0.2) is 0 Å². The van der Waals surface area contributed by atoms with Gasteiger partial charge in [-0.25, -0.2) is 4.79 Å². The molecule has 17 heteroatoms. The second-order valence-electron chi connectivity index (χ2n) is 7.84. The average molecular weight is 611 g/mol. The highest BCUT2D eigenvalue weighted by atomic mass is 32.2. The number of unbranched alkanes of at least 4 members (excludes halogenated alkanes) is 5. The Hall–Kier alpha value is -0.740. The molecular formula is C20H27F13O2S2. The van der Waals surface area contributed by atoms with Crippen molar-refractivity contribution in [3.8, 4) is 0 Å². The first-order chi connectivity index (χ1) is 16.7. The monoisotopic (exact) mass is 610 g/mol. The summed E-state index contributed by atoms with van der Waals surface area (Å²) < 4.78 is 175. The zero-order valence-corrected chi connectivity index (χ0v) is 21.3. The zero-order valence-electron chi connectivity index (χ0n) is 19.7. The van der Waals surface area contributed by atoms with Crippen molar-refractivity contribution in [2.75, 3.05) is 18.1 Å². The summed E-state index contributed by atoms with van der Waals surface area (Å²) in [6, 6.07) is 0. The highest BCUT2D eigenvalue weighted by Crippen LogP contribution is 2.60. The van der Waals surface area contributed by atoms with Gasteiger partial charge in [0.05, 0.1) is 6.61 Å². The minimum absolute atomic E-state index is 0.156. The number of ether oxygens (including phenoxy) is 1. The van der Waals surface area contributed by atoms with Crippen LogP contribution in [0.2, 0.25) is 0 Å². The van der Waals surface area contributed by atoms with E-state index in [1.54, 1.807) is 0 Å². The summed E-state index contributed by atoms with van der Waals surface area (Å²) in [5, 5.41) is 0. The van der Waals surface area contributed by atoms with Crippen LogP contribution in [0.5, 0.6) is 0 Å². The standard InChI is InChI=1S/C20H27F13O2S2/c1-3-5-6-7-8-9-11-36-14(13(34)35-4-2)37-12-10-15(21,22)16(23,24)17(25,26)18(27,28)19(29,30)20(31,32)33/h14H,3-12H2,1-2H3. The largest absolute Gasteiger partial charge is 0.465 e.